The molecule has 3 nitrogen and oxygen atoms in total. The molecule has 1 amide bonds. The number of carbonyl (C=O) groups excluding carboxylic acids is 1. The molecule has 0 bridgehead atoms. The predicted octanol–water partition coefficient (Wildman–Crippen LogP) is 1.02. The molecule has 0 atom stereocenters. The number of thiophene rings is 1. The van der Waals surface area contributed by atoms with Crippen molar-refractivity contribution in [2.75, 3.05) is 20.1 Å². The van der Waals surface area contributed by atoms with Crippen molar-refractivity contribution in [2.45, 2.75) is 12.8 Å². The summed E-state index contributed by atoms with van der Waals surface area (Å²) in [6.45, 7) is 1.69. The average molecular weight is 212 g/mol. The molecule has 0 unspecified atom stereocenters. The van der Waals surface area contributed by atoms with Crippen LogP contribution in [0.3, 0.4) is 0 Å². The number of hydrogen-bond donors (Lipinski definition) is 2. The third kappa shape index (κ3) is 4.39. The maximum absolute atomic E-state index is 10.9. The van der Waals surface area contributed by atoms with Crippen molar-refractivity contribution in [3.63, 3.8) is 0 Å². The van der Waals surface area contributed by atoms with Gasteiger partial charge < -0.3 is 10.6 Å². The van der Waals surface area contributed by atoms with Crippen molar-refractivity contribution in [1.29, 1.82) is 0 Å². The lowest BCUT2D eigenvalue weighted by molar-refractivity contribution is -0.120. The van der Waals surface area contributed by atoms with Gasteiger partial charge in [-0.2, -0.15) is 11.3 Å². The van der Waals surface area contributed by atoms with Crippen LogP contribution in [-0.4, -0.2) is 26.0 Å². The zero-order valence-electron chi connectivity index (χ0n) is 8.38. The standard InChI is InChI=1S/C10H16N2OS/c1-11-10(13)3-6-12-5-2-9-4-7-14-8-9/h4,7-8,12H,2-3,5-6H2,1H3,(H,11,13). The Morgan fingerprint density at radius 1 is 1.50 bits per heavy atom. The van der Waals surface area contributed by atoms with Crippen molar-refractivity contribution >= 4 is 17.2 Å². The van der Waals surface area contributed by atoms with Crippen LogP contribution in [0.15, 0.2) is 16.8 Å². The highest BCUT2D eigenvalue weighted by molar-refractivity contribution is 7.07. The van der Waals surface area contributed by atoms with E-state index in [1.807, 2.05) is 0 Å². The van der Waals surface area contributed by atoms with Gasteiger partial charge in [0.15, 0.2) is 0 Å². The van der Waals surface area contributed by atoms with E-state index in [2.05, 4.69) is 27.5 Å². The fraction of sp³-hybridized carbons (Fsp3) is 0.500. The lowest BCUT2D eigenvalue weighted by Gasteiger charge is -2.02. The first-order chi connectivity index (χ1) is 6.83. The number of amides is 1. The van der Waals surface area contributed by atoms with Crippen LogP contribution >= 0.6 is 11.3 Å². The molecule has 0 aliphatic rings. The predicted molar refractivity (Wildman–Crippen MR) is 59.6 cm³/mol. The summed E-state index contributed by atoms with van der Waals surface area (Å²) in [5, 5.41) is 10.1. The van der Waals surface area contributed by atoms with E-state index in [0.717, 1.165) is 19.5 Å². The minimum absolute atomic E-state index is 0.0908. The first kappa shape index (κ1) is 11.2. The molecule has 0 radical (unpaired) electrons. The molecule has 14 heavy (non-hydrogen) atoms. The smallest absolute Gasteiger partial charge is 0.221 e. The number of hydrogen-bond acceptors (Lipinski definition) is 3. The molecule has 0 spiro atoms. The highest BCUT2D eigenvalue weighted by atomic mass is 32.1. The van der Waals surface area contributed by atoms with Gasteiger partial charge in [-0.3, -0.25) is 4.79 Å². The molecule has 78 valence electrons. The summed E-state index contributed by atoms with van der Waals surface area (Å²) < 4.78 is 0. The SMILES string of the molecule is CNC(=O)CCNCCc1ccsc1. The zero-order chi connectivity index (χ0) is 10.2. The Bertz CT molecular complexity index is 259. The van der Waals surface area contributed by atoms with Crippen LogP contribution in [0.2, 0.25) is 0 Å². The fourth-order valence-electron chi connectivity index (χ4n) is 1.12. The molecule has 0 aromatic carbocycles. The summed E-state index contributed by atoms with van der Waals surface area (Å²) in [4.78, 5) is 10.9. The third-order valence-electron chi connectivity index (χ3n) is 1.98. The number of nitrogens with one attached hydrogen (secondary N) is 2. The molecular weight excluding hydrogens is 196 g/mol. The minimum atomic E-state index is 0.0908. The van der Waals surface area contributed by atoms with Crippen molar-refractivity contribution in [2.24, 2.45) is 0 Å². The molecule has 4 heteroatoms. The maximum Gasteiger partial charge on any atom is 0.221 e. The van der Waals surface area contributed by atoms with Gasteiger partial charge >= 0.3 is 0 Å². The van der Waals surface area contributed by atoms with Crippen molar-refractivity contribution < 1.29 is 4.79 Å². The summed E-state index contributed by atoms with van der Waals surface area (Å²) in [6.07, 6.45) is 1.59. The highest BCUT2D eigenvalue weighted by Gasteiger charge is 1.96. The van der Waals surface area contributed by atoms with E-state index in [1.165, 1.54) is 5.56 Å². The van der Waals surface area contributed by atoms with E-state index < -0.39 is 0 Å². The molecule has 1 heterocycles. The molecular formula is C10H16N2OS. The Hall–Kier alpha value is -0.870. The second-order valence-corrected chi connectivity index (χ2v) is 3.83. The van der Waals surface area contributed by atoms with Gasteiger partial charge in [-0.05, 0) is 35.4 Å². The number of carbonyl (C=O) groups is 1. The Morgan fingerprint density at radius 2 is 2.36 bits per heavy atom. The molecule has 0 aliphatic heterocycles. The van der Waals surface area contributed by atoms with E-state index in [4.69, 9.17) is 0 Å². The van der Waals surface area contributed by atoms with Crippen LogP contribution in [0, 0.1) is 0 Å². The summed E-state index contributed by atoms with van der Waals surface area (Å²) in [6, 6.07) is 2.13. The van der Waals surface area contributed by atoms with Crippen LogP contribution in [0.4, 0.5) is 0 Å². The largest absolute Gasteiger partial charge is 0.359 e. The average Bonchev–Trinajstić information content (AvgIpc) is 2.69. The minimum Gasteiger partial charge on any atom is -0.359 e. The molecule has 1 aromatic rings. The van der Waals surface area contributed by atoms with Gasteiger partial charge in [0.25, 0.3) is 0 Å². The lowest BCUT2D eigenvalue weighted by Crippen LogP contribution is -2.25. The van der Waals surface area contributed by atoms with E-state index in [0.29, 0.717) is 6.42 Å². The van der Waals surface area contributed by atoms with Crippen LogP contribution < -0.4 is 10.6 Å². The Balaban J connectivity index is 1.97. The summed E-state index contributed by atoms with van der Waals surface area (Å²) in [5.74, 6) is 0.0908. The second-order valence-electron chi connectivity index (χ2n) is 3.05. The fourth-order valence-corrected chi connectivity index (χ4v) is 1.82. The monoisotopic (exact) mass is 212 g/mol. The summed E-state index contributed by atoms with van der Waals surface area (Å²) in [7, 11) is 1.66. The van der Waals surface area contributed by atoms with Crippen molar-refractivity contribution in [3.8, 4) is 0 Å². The maximum atomic E-state index is 10.9. The quantitative estimate of drug-likeness (QED) is 0.691. The lowest BCUT2D eigenvalue weighted by atomic mass is 10.2. The molecule has 0 fully saturated rings. The summed E-state index contributed by atoms with van der Waals surface area (Å²) in [5.41, 5.74) is 1.36. The van der Waals surface area contributed by atoms with Crippen molar-refractivity contribution in [1.82, 2.24) is 10.6 Å². The first-order valence-electron chi connectivity index (χ1n) is 4.75. The molecule has 1 rings (SSSR count). The van der Waals surface area contributed by atoms with Crippen LogP contribution in [0.1, 0.15) is 12.0 Å². The highest BCUT2D eigenvalue weighted by Crippen LogP contribution is 2.05. The van der Waals surface area contributed by atoms with E-state index in [1.54, 1.807) is 18.4 Å². The van der Waals surface area contributed by atoms with Gasteiger partial charge in [0.05, 0.1) is 0 Å². The summed E-state index contributed by atoms with van der Waals surface area (Å²) >= 11 is 1.72. The van der Waals surface area contributed by atoms with E-state index in [-0.39, 0.29) is 5.91 Å². The van der Waals surface area contributed by atoms with Crippen LogP contribution in [0.5, 0.6) is 0 Å². The van der Waals surface area contributed by atoms with Gasteiger partial charge in [-0.1, -0.05) is 0 Å². The molecule has 0 saturated carbocycles. The van der Waals surface area contributed by atoms with E-state index >= 15 is 0 Å². The van der Waals surface area contributed by atoms with Gasteiger partial charge in [0.2, 0.25) is 5.91 Å². The van der Waals surface area contributed by atoms with Gasteiger partial charge in [0.1, 0.15) is 0 Å². The second kappa shape index (κ2) is 6.56. The zero-order valence-corrected chi connectivity index (χ0v) is 9.19. The van der Waals surface area contributed by atoms with Crippen LogP contribution in [0.25, 0.3) is 0 Å². The molecule has 0 aliphatic carbocycles. The Morgan fingerprint density at radius 3 is 3.00 bits per heavy atom. The topological polar surface area (TPSA) is 41.1 Å². The molecule has 0 saturated heterocycles. The normalized spacial score (nSPS) is 10.1. The first-order valence-corrected chi connectivity index (χ1v) is 5.69. The molecule has 1 aromatic heterocycles. The van der Waals surface area contributed by atoms with Crippen LogP contribution in [-0.2, 0) is 11.2 Å². The van der Waals surface area contributed by atoms with Gasteiger partial charge in [-0.15, -0.1) is 0 Å². The van der Waals surface area contributed by atoms with Crippen molar-refractivity contribution in [3.05, 3.63) is 22.4 Å². The van der Waals surface area contributed by atoms with Gasteiger partial charge in [-0.25, -0.2) is 0 Å². The van der Waals surface area contributed by atoms with Gasteiger partial charge in [0, 0.05) is 20.0 Å². The Labute approximate surface area is 88.5 Å². The number of rotatable bonds is 6. The Kier molecular flexibility index (Phi) is 5.25. The molecule has 2 N–H and O–H groups in total. The van der Waals surface area contributed by atoms with E-state index in [9.17, 15) is 4.79 Å². The third-order valence-corrected chi connectivity index (χ3v) is 2.71.